The number of rotatable bonds is 9. The maximum absolute atomic E-state index is 12.9. The molecule has 8 nitrogen and oxygen atoms in total. The lowest BCUT2D eigenvalue weighted by Crippen LogP contribution is -2.16. The number of carbonyl (C=O) groups excluding carboxylic acids is 2. The van der Waals surface area contributed by atoms with Gasteiger partial charge in [0, 0.05) is 5.69 Å². The van der Waals surface area contributed by atoms with E-state index in [1.54, 1.807) is 44.2 Å². The molecule has 180 valence electrons. The number of ketones is 1. The maximum atomic E-state index is 12.9. The highest BCUT2D eigenvalue weighted by atomic mass is 35.5. The van der Waals surface area contributed by atoms with Crippen molar-refractivity contribution in [2.24, 2.45) is 0 Å². The van der Waals surface area contributed by atoms with Gasteiger partial charge in [-0.25, -0.2) is 13.4 Å². The molecule has 3 aromatic rings. The number of thiazole rings is 1. The van der Waals surface area contributed by atoms with Crippen molar-refractivity contribution in [2.45, 2.75) is 31.3 Å². The lowest BCUT2D eigenvalue weighted by Gasteiger charge is -2.09. The standard InChI is InChI=1S/C22H21Cl2N3O5S2/c1-12(2)32-17(28)10-11-34(30,31)14-8-6-13(7-9-14)26-22-27-21(25)20(33-22)19(29)18-15(23)4-3-5-16(18)24/h3-9,12H,10-11,25H2,1-2H3,(H,26,27). The Bertz CT molecular complexity index is 1300. The van der Waals surface area contributed by atoms with Gasteiger partial charge in [-0.2, -0.15) is 0 Å². The number of benzene rings is 2. The minimum atomic E-state index is -3.66. The van der Waals surface area contributed by atoms with E-state index >= 15 is 0 Å². The van der Waals surface area contributed by atoms with Gasteiger partial charge in [-0.05, 0) is 50.2 Å². The van der Waals surface area contributed by atoms with Crippen molar-refractivity contribution >= 4 is 72.8 Å². The molecule has 3 N–H and O–H groups in total. The third-order valence-electron chi connectivity index (χ3n) is 4.46. The van der Waals surface area contributed by atoms with Crippen LogP contribution in [0.25, 0.3) is 0 Å². The fourth-order valence-corrected chi connectivity index (χ4v) is 5.54. The van der Waals surface area contributed by atoms with Gasteiger partial charge in [-0.1, -0.05) is 40.6 Å². The highest BCUT2D eigenvalue weighted by molar-refractivity contribution is 7.91. The maximum Gasteiger partial charge on any atom is 0.307 e. The van der Waals surface area contributed by atoms with E-state index < -0.39 is 21.6 Å². The quantitative estimate of drug-likeness (QED) is 0.282. The summed E-state index contributed by atoms with van der Waals surface area (Å²) in [5.41, 5.74) is 6.61. The van der Waals surface area contributed by atoms with Gasteiger partial charge in [0.05, 0.1) is 38.8 Å². The number of aromatic nitrogens is 1. The summed E-state index contributed by atoms with van der Waals surface area (Å²) in [6.45, 7) is 3.39. The predicted octanol–water partition coefficient (Wildman–Crippen LogP) is 5.12. The number of anilines is 3. The van der Waals surface area contributed by atoms with Crippen molar-refractivity contribution in [3.05, 3.63) is 63.0 Å². The number of ether oxygens (including phenoxy) is 1. The van der Waals surface area contributed by atoms with Crippen molar-refractivity contribution in [2.75, 3.05) is 16.8 Å². The molecule has 0 aliphatic carbocycles. The molecule has 1 aromatic heterocycles. The summed E-state index contributed by atoms with van der Waals surface area (Å²) in [4.78, 5) is 28.9. The number of sulfone groups is 1. The molecule has 12 heteroatoms. The first-order valence-electron chi connectivity index (χ1n) is 10.0. The SMILES string of the molecule is CC(C)OC(=O)CCS(=O)(=O)c1ccc(Nc2nc(N)c(C(=O)c3c(Cl)cccc3Cl)s2)cc1. The Hall–Kier alpha value is -2.66. The largest absolute Gasteiger partial charge is 0.463 e. The van der Waals surface area contributed by atoms with E-state index in [0.717, 1.165) is 11.3 Å². The summed E-state index contributed by atoms with van der Waals surface area (Å²) in [7, 11) is -3.66. The summed E-state index contributed by atoms with van der Waals surface area (Å²) < 4.78 is 29.9. The van der Waals surface area contributed by atoms with Crippen LogP contribution in [0.15, 0.2) is 47.4 Å². The first-order chi connectivity index (χ1) is 16.0. The van der Waals surface area contributed by atoms with E-state index in [1.165, 1.54) is 12.1 Å². The average molecular weight is 542 g/mol. The normalized spacial score (nSPS) is 11.4. The van der Waals surface area contributed by atoms with E-state index in [2.05, 4.69) is 10.3 Å². The molecule has 34 heavy (non-hydrogen) atoms. The van der Waals surface area contributed by atoms with Crippen molar-refractivity contribution in [3.8, 4) is 0 Å². The average Bonchev–Trinajstić information content (AvgIpc) is 3.12. The zero-order valence-corrected chi connectivity index (χ0v) is 21.3. The fourth-order valence-electron chi connectivity index (χ4n) is 2.90. The molecule has 2 aromatic carbocycles. The van der Waals surface area contributed by atoms with Crippen LogP contribution in [0.1, 0.15) is 35.5 Å². The van der Waals surface area contributed by atoms with Crippen LogP contribution in [-0.2, 0) is 19.4 Å². The summed E-state index contributed by atoms with van der Waals surface area (Å²) >= 11 is 13.3. The molecule has 0 aliphatic heterocycles. The molecule has 0 atom stereocenters. The second kappa shape index (κ2) is 10.7. The summed E-state index contributed by atoms with van der Waals surface area (Å²) in [6.07, 6.45) is -0.538. The van der Waals surface area contributed by atoms with Gasteiger partial charge in [0.25, 0.3) is 0 Å². The first kappa shape index (κ1) is 26.0. The monoisotopic (exact) mass is 541 g/mol. The molecular formula is C22H21Cl2N3O5S2. The molecule has 0 aliphatic rings. The molecule has 3 rings (SSSR count). The molecule has 0 spiro atoms. The van der Waals surface area contributed by atoms with Crippen LogP contribution in [0.3, 0.4) is 0 Å². The van der Waals surface area contributed by atoms with Crippen molar-refractivity contribution in [3.63, 3.8) is 0 Å². The van der Waals surface area contributed by atoms with Crippen LogP contribution in [0.2, 0.25) is 10.0 Å². The number of hydrogen-bond acceptors (Lipinski definition) is 9. The van der Waals surface area contributed by atoms with Crippen LogP contribution >= 0.6 is 34.5 Å². The summed E-state index contributed by atoms with van der Waals surface area (Å²) in [5, 5.41) is 3.73. The highest BCUT2D eigenvalue weighted by Crippen LogP contribution is 2.34. The predicted molar refractivity (Wildman–Crippen MR) is 134 cm³/mol. The third kappa shape index (κ3) is 6.26. The Morgan fingerprint density at radius 3 is 2.32 bits per heavy atom. The van der Waals surface area contributed by atoms with Gasteiger partial charge < -0.3 is 15.8 Å². The molecule has 0 saturated carbocycles. The van der Waals surface area contributed by atoms with Crippen LogP contribution in [0.5, 0.6) is 0 Å². The number of esters is 1. The minimum Gasteiger partial charge on any atom is -0.463 e. The lowest BCUT2D eigenvalue weighted by atomic mass is 10.1. The van der Waals surface area contributed by atoms with Gasteiger partial charge in [0.1, 0.15) is 10.7 Å². The van der Waals surface area contributed by atoms with Gasteiger partial charge in [-0.3, -0.25) is 9.59 Å². The van der Waals surface area contributed by atoms with Crippen LogP contribution < -0.4 is 11.1 Å². The molecule has 0 fully saturated rings. The minimum absolute atomic E-state index is 0.0148. The number of hydrogen-bond donors (Lipinski definition) is 2. The number of carbonyl (C=O) groups is 2. The fraction of sp³-hybridized carbons (Fsp3) is 0.227. The Labute approximate surface area is 211 Å². The lowest BCUT2D eigenvalue weighted by molar-refractivity contribution is -0.146. The summed E-state index contributed by atoms with van der Waals surface area (Å²) in [5.74, 6) is -1.36. The zero-order valence-electron chi connectivity index (χ0n) is 18.2. The van der Waals surface area contributed by atoms with Gasteiger partial charge in [-0.15, -0.1) is 0 Å². The number of nitrogens with zero attached hydrogens (tertiary/aromatic N) is 1. The van der Waals surface area contributed by atoms with Crippen LogP contribution in [-0.4, -0.2) is 37.0 Å². The number of nitrogens with one attached hydrogen (secondary N) is 1. The molecule has 0 radical (unpaired) electrons. The molecular weight excluding hydrogens is 521 g/mol. The highest BCUT2D eigenvalue weighted by Gasteiger charge is 2.23. The smallest absolute Gasteiger partial charge is 0.307 e. The zero-order chi connectivity index (χ0) is 25.0. The van der Waals surface area contributed by atoms with E-state index in [1.807, 2.05) is 0 Å². The Morgan fingerprint density at radius 2 is 1.74 bits per heavy atom. The van der Waals surface area contributed by atoms with E-state index in [0.29, 0.717) is 10.8 Å². The van der Waals surface area contributed by atoms with E-state index in [9.17, 15) is 18.0 Å². The second-order valence-electron chi connectivity index (χ2n) is 7.42. The third-order valence-corrected chi connectivity index (χ3v) is 7.80. The number of nitrogens with two attached hydrogens (primary N) is 1. The van der Waals surface area contributed by atoms with Gasteiger partial charge in [0.15, 0.2) is 15.0 Å². The molecule has 0 unspecified atom stereocenters. The number of nitrogen functional groups attached to an aromatic ring is 1. The Morgan fingerprint density at radius 1 is 1.12 bits per heavy atom. The molecule has 1 heterocycles. The van der Waals surface area contributed by atoms with Gasteiger partial charge >= 0.3 is 5.97 Å². The van der Waals surface area contributed by atoms with Crippen LogP contribution in [0.4, 0.5) is 16.6 Å². The van der Waals surface area contributed by atoms with Crippen molar-refractivity contribution < 1.29 is 22.7 Å². The molecule has 0 saturated heterocycles. The second-order valence-corrected chi connectivity index (χ2v) is 11.3. The topological polar surface area (TPSA) is 128 Å². The van der Waals surface area contributed by atoms with Gasteiger partial charge in [0.2, 0.25) is 5.78 Å². The molecule has 0 bridgehead atoms. The van der Waals surface area contributed by atoms with E-state index in [4.69, 9.17) is 33.7 Å². The van der Waals surface area contributed by atoms with Crippen molar-refractivity contribution in [1.29, 1.82) is 0 Å². The van der Waals surface area contributed by atoms with Crippen LogP contribution in [0, 0.1) is 0 Å². The molecule has 0 amide bonds. The number of halogens is 2. The van der Waals surface area contributed by atoms with E-state index in [-0.39, 0.29) is 49.5 Å². The summed E-state index contributed by atoms with van der Waals surface area (Å²) in [6, 6.07) is 10.7. The van der Waals surface area contributed by atoms with Crippen molar-refractivity contribution in [1.82, 2.24) is 4.98 Å². The Balaban J connectivity index is 1.72. The first-order valence-corrected chi connectivity index (χ1v) is 13.2. The Kier molecular flexibility index (Phi) is 8.19.